The lowest BCUT2D eigenvalue weighted by molar-refractivity contribution is -0.110. The number of nitrogens with one attached hydrogen (secondary N) is 1. The number of carbonyl (C=O) groups excluding carboxylic acids is 1. The van der Waals surface area contributed by atoms with Crippen molar-refractivity contribution < 1.29 is 4.79 Å². The van der Waals surface area contributed by atoms with Gasteiger partial charge in [0.05, 0.1) is 5.69 Å². The van der Waals surface area contributed by atoms with Crippen molar-refractivity contribution in [3.63, 3.8) is 0 Å². The molecule has 1 unspecified atom stereocenters. The van der Waals surface area contributed by atoms with E-state index < -0.39 is 0 Å². The van der Waals surface area contributed by atoms with E-state index in [0.717, 1.165) is 50.6 Å². The molecule has 0 bridgehead atoms. The summed E-state index contributed by atoms with van der Waals surface area (Å²) < 4.78 is 1.91. The monoisotopic (exact) mass is 435 g/mol. The lowest BCUT2D eigenvalue weighted by Crippen LogP contribution is -2.07. The van der Waals surface area contributed by atoms with Crippen LogP contribution in [0.4, 0.5) is 5.69 Å². The number of benzene rings is 1. The minimum atomic E-state index is -0.0233. The topological polar surface area (TPSA) is 29.1 Å². The Hall–Kier alpha value is -1.13. The van der Waals surface area contributed by atoms with Crippen LogP contribution in [0.3, 0.4) is 0 Å². The van der Waals surface area contributed by atoms with Gasteiger partial charge in [-0.25, -0.2) is 0 Å². The van der Waals surface area contributed by atoms with Gasteiger partial charge < -0.3 is 5.32 Å². The lowest BCUT2D eigenvalue weighted by atomic mass is 9.84. The van der Waals surface area contributed by atoms with E-state index in [0.29, 0.717) is 5.92 Å². The van der Waals surface area contributed by atoms with Crippen LogP contribution < -0.4 is 5.32 Å². The van der Waals surface area contributed by atoms with Crippen molar-refractivity contribution >= 4 is 49.0 Å². The Kier molecular flexibility index (Phi) is 4.65. The second kappa shape index (κ2) is 6.40. The van der Waals surface area contributed by atoms with Crippen LogP contribution in [-0.2, 0) is 4.79 Å². The number of halogens is 2. The SMILES string of the molecule is C=C(C)C1CC=C(C=C2C(=O)Nc3c(Br)cc(Br)c(C)c32)CC1. The number of amides is 1. The summed E-state index contributed by atoms with van der Waals surface area (Å²) in [6.07, 6.45) is 7.44. The fourth-order valence-corrected chi connectivity index (χ4v) is 4.49. The molecular formula is C19H19Br2NO. The zero-order valence-electron chi connectivity index (χ0n) is 13.3. The highest BCUT2D eigenvalue weighted by Gasteiger charge is 2.29. The van der Waals surface area contributed by atoms with Gasteiger partial charge in [-0.3, -0.25) is 4.79 Å². The average molecular weight is 437 g/mol. The molecule has 1 atom stereocenters. The summed E-state index contributed by atoms with van der Waals surface area (Å²) in [5.41, 5.74) is 6.22. The van der Waals surface area contributed by atoms with Crippen LogP contribution in [0.15, 0.2) is 44.9 Å². The molecule has 1 aliphatic heterocycles. The van der Waals surface area contributed by atoms with E-state index >= 15 is 0 Å². The molecule has 3 rings (SSSR count). The van der Waals surface area contributed by atoms with E-state index in [9.17, 15) is 4.79 Å². The van der Waals surface area contributed by atoms with Crippen LogP contribution in [0, 0.1) is 12.8 Å². The van der Waals surface area contributed by atoms with Gasteiger partial charge in [0.2, 0.25) is 0 Å². The first-order valence-electron chi connectivity index (χ1n) is 7.75. The zero-order valence-corrected chi connectivity index (χ0v) is 16.5. The first-order valence-corrected chi connectivity index (χ1v) is 9.33. The maximum Gasteiger partial charge on any atom is 0.256 e. The molecule has 0 radical (unpaired) electrons. The average Bonchev–Trinajstić information content (AvgIpc) is 2.83. The van der Waals surface area contributed by atoms with Crippen LogP contribution in [0.5, 0.6) is 0 Å². The highest BCUT2D eigenvalue weighted by Crippen LogP contribution is 2.43. The summed E-state index contributed by atoms with van der Waals surface area (Å²) in [6, 6.07) is 1.98. The highest BCUT2D eigenvalue weighted by molar-refractivity contribution is 9.11. The van der Waals surface area contributed by atoms with E-state index in [4.69, 9.17) is 0 Å². The fourth-order valence-electron chi connectivity index (χ4n) is 3.23. The van der Waals surface area contributed by atoms with Crippen LogP contribution in [0.1, 0.15) is 37.3 Å². The molecule has 1 aliphatic carbocycles. The van der Waals surface area contributed by atoms with E-state index in [2.05, 4.69) is 62.8 Å². The van der Waals surface area contributed by atoms with Crippen molar-refractivity contribution in [3.8, 4) is 0 Å². The molecule has 1 heterocycles. The number of hydrogen-bond donors (Lipinski definition) is 1. The van der Waals surface area contributed by atoms with Gasteiger partial charge in [-0.05, 0) is 72.7 Å². The third-order valence-corrected chi connectivity index (χ3v) is 6.15. The van der Waals surface area contributed by atoms with Crippen LogP contribution >= 0.6 is 31.9 Å². The Bertz CT molecular complexity index is 774. The molecule has 0 spiro atoms. The van der Waals surface area contributed by atoms with E-state index in [1.54, 1.807) is 0 Å². The molecule has 4 heteroatoms. The van der Waals surface area contributed by atoms with Gasteiger partial charge in [0.1, 0.15) is 0 Å². The van der Waals surface area contributed by atoms with Gasteiger partial charge >= 0.3 is 0 Å². The van der Waals surface area contributed by atoms with Crippen molar-refractivity contribution in [1.29, 1.82) is 0 Å². The number of allylic oxidation sites excluding steroid dienone is 4. The molecule has 0 fully saturated rings. The molecule has 1 N–H and O–H groups in total. The van der Waals surface area contributed by atoms with E-state index in [1.165, 1.54) is 11.1 Å². The van der Waals surface area contributed by atoms with Crippen molar-refractivity contribution in [1.82, 2.24) is 0 Å². The van der Waals surface area contributed by atoms with Crippen LogP contribution in [0.25, 0.3) is 5.57 Å². The summed E-state index contributed by atoms with van der Waals surface area (Å²) in [5, 5.41) is 2.98. The number of anilines is 1. The lowest BCUT2D eigenvalue weighted by Gasteiger charge is -2.21. The van der Waals surface area contributed by atoms with E-state index in [1.807, 2.05) is 13.0 Å². The van der Waals surface area contributed by atoms with Gasteiger partial charge in [-0.2, -0.15) is 0 Å². The maximum absolute atomic E-state index is 12.4. The van der Waals surface area contributed by atoms with Gasteiger partial charge in [0, 0.05) is 20.1 Å². The van der Waals surface area contributed by atoms with Crippen molar-refractivity contribution in [2.24, 2.45) is 5.92 Å². The highest BCUT2D eigenvalue weighted by atomic mass is 79.9. The van der Waals surface area contributed by atoms with Gasteiger partial charge in [0.15, 0.2) is 0 Å². The zero-order chi connectivity index (χ0) is 16.7. The van der Waals surface area contributed by atoms with Crippen molar-refractivity contribution in [3.05, 3.63) is 56.0 Å². The summed E-state index contributed by atoms with van der Waals surface area (Å²) in [4.78, 5) is 12.4. The van der Waals surface area contributed by atoms with Gasteiger partial charge in [0.25, 0.3) is 5.91 Å². The number of carbonyl (C=O) groups is 1. The Labute approximate surface area is 154 Å². The fraction of sp³-hybridized carbons (Fsp3) is 0.316. The second-order valence-corrected chi connectivity index (χ2v) is 8.03. The first-order chi connectivity index (χ1) is 10.9. The third-order valence-electron chi connectivity index (χ3n) is 4.70. The predicted molar refractivity (Wildman–Crippen MR) is 103 cm³/mol. The number of hydrogen-bond acceptors (Lipinski definition) is 1. The van der Waals surface area contributed by atoms with Gasteiger partial charge in [-0.15, -0.1) is 0 Å². The Morgan fingerprint density at radius 1 is 1.39 bits per heavy atom. The molecule has 120 valence electrons. The molecule has 1 amide bonds. The van der Waals surface area contributed by atoms with Crippen LogP contribution in [0.2, 0.25) is 0 Å². The molecule has 2 aliphatic rings. The number of rotatable bonds is 2. The molecule has 0 saturated carbocycles. The predicted octanol–water partition coefficient (Wildman–Crippen LogP) is 6.16. The summed E-state index contributed by atoms with van der Waals surface area (Å²) >= 11 is 7.12. The Morgan fingerprint density at radius 3 is 2.74 bits per heavy atom. The largest absolute Gasteiger partial charge is 0.320 e. The Morgan fingerprint density at radius 2 is 2.13 bits per heavy atom. The molecular weight excluding hydrogens is 418 g/mol. The molecule has 23 heavy (non-hydrogen) atoms. The third kappa shape index (κ3) is 3.11. The molecule has 0 saturated heterocycles. The molecule has 0 aromatic heterocycles. The summed E-state index contributed by atoms with van der Waals surface area (Å²) in [5.74, 6) is 0.552. The van der Waals surface area contributed by atoms with Crippen LogP contribution in [-0.4, -0.2) is 5.91 Å². The normalized spacial score (nSPS) is 21.9. The second-order valence-electron chi connectivity index (χ2n) is 6.32. The minimum Gasteiger partial charge on any atom is -0.320 e. The summed E-state index contributed by atoms with van der Waals surface area (Å²) in [7, 11) is 0. The Balaban J connectivity index is 2.00. The standard InChI is InChI=1S/C19H19Br2NO/c1-10(2)13-6-4-12(5-7-13)8-14-17-11(3)15(20)9-16(21)18(17)22-19(14)23/h4,8-9,13H,1,5-7H2,2-3H3,(H,22,23). The molecule has 1 aromatic rings. The quantitative estimate of drug-likeness (QED) is 0.436. The van der Waals surface area contributed by atoms with Crippen molar-refractivity contribution in [2.45, 2.75) is 33.1 Å². The molecule has 2 nitrogen and oxygen atoms in total. The van der Waals surface area contributed by atoms with E-state index in [-0.39, 0.29) is 5.91 Å². The van der Waals surface area contributed by atoms with Gasteiger partial charge in [-0.1, -0.05) is 39.7 Å². The first kappa shape index (κ1) is 16.7. The maximum atomic E-state index is 12.4. The molecule has 1 aromatic carbocycles. The number of fused-ring (bicyclic) bond motifs is 1. The minimum absolute atomic E-state index is 0.0233. The summed E-state index contributed by atoms with van der Waals surface area (Å²) in [6.45, 7) is 8.20. The van der Waals surface area contributed by atoms with Crippen molar-refractivity contribution in [2.75, 3.05) is 5.32 Å². The smallest absolute Gasteiger partial charge is 0.256 e.